The van der Waals surface area contributed by atoms with E-state index in [0.717, 1.165) is 65.3 Å². The van der Waals surface area contributed by atoms with Gasteiger partial charge in [-0.25, -0.2) is 19.7 Å². The van der Waals surface area contributed by atoms with Crippen LogP contribution in [-0.4, -0.2) is 57.0 Å². The zero-order chi connectivity index (χ0) is 20.0. The fourth-order valence-corrected chi connectivity index (χ4v) is 4.17. The number of aryl methyl sites for hydroxylation is 1. The molecule has 0 unspecified atom stereocenters. The van der Waals surface area contributed by atoms with Gasteiger partial charge in [-0.2, -0.15) is 0 Å². The zero-order valence-corrected chi connectivity index (χ0v) is 16.6. The van der Waals surface area contributed by atoms with Crippen LogP contribution in [0, 0.1) is 6.92 Å². The van der Waals surface area contributed by atoms with E-state index in [4.69, 9.17) is 4.98 Å². The fraction of sp³-hybridized carbons (Fsp3) is 0.381. The molecule has 2 aliphatic rings. The average Bonchev–Trinajstić information content (AvgIpc) is 2.75. The minimum atomic E-state index is 0.0303. The van der Waals surface area contributed by atoms with Crippen LogP contribution in [0.1, 0.15) is 24.2 Å². The molecule has 3 aromatic rings. The Morgan fingerprint density at radius 3 is 2.59 bits per heavy atom. The normalized spacial score (nSPS) is 17.7. The predicted octanol–water partition coefficient (Wildman–Crippen LogP) is 2.52. The Morgan fingerprint density at radius 2 is 1.83 bits per heavy atom. The van der Waals surface area contributed by atoms with Gasteiger partial charge in [0, 0.05) is 42.8 Å². The van der Waals surface area contributed by atoms with Crippen LogP contribution in [-0.2, 0) is 6.54 Å². The van der Waals surface area contributed by atoms with Crippen LogP contribution in [0.4, 0.5) is 10.5 Å². The van der Waals surface area contributed by atoms with Crippen LogP contribution in [0.2, 0.25) is 0 Å². The maximum absolute atomic E-state index is 13.2. The monoisotopic (exact) mass is 389 g/mol. The molecule has 0 bridgehead atoms. The molecule has 0 saturated carbocycles. The number of nitrogens with one attached hydrogen (secondary N) is 1. The first-order valence-corrected chi connectivity index (χ1v) is 9.94. The van der Waals surface area contributed by atoms with Crippen LogP contribution in [0.3, 0.4) is 0 Å². The van der Waals surface area contributed by atoms with Crippen molar-refractivity contribution in [3.8, 4) is 11.3 Å². The number of carbonyl (C=O) groups is 1. The number of urea groups is 1. The first kappa shape index (κ1) is 17.9. The van der Waals surface area contributed by atoms with Gasteiger partial charge in [0.1, 0.15) is 11.3 Å². The summed E-state index contributed by atoms with van der Waals surface area (Å²) in [6.07, 6.45) is 7.29. The van der Waals surface area contributed by atoms with Crippen molar-refractivity contribution in [3.63, 3.8) is 0 Å². The third kappa shape index (κ3) is 3.09. The molecule has 2 amide bonds. The number of amides is 2. The Hall–Kier alpha value is -3.13. The number of hydrogen-bond acceptors (Lipinski definition) is 6. The van der Waals surface area contributed by atoms with Gasteiger partial charge in [-0.3, -0.25) is 9.88 Å². The van der Waals surface area contributed by atoms with E-state index in [2.05, 4.69) is 20.3 Å². The number of hydrogen-bond donors (Lipinski definition) is 1. The summed E-state index contributed by atoms with van der Waals surface area (Å²) in [5, 5.41) is 3.38. The topological polar surface area (TPSA) is 87.1 Å². The highest BCUT2D eigenvalue weighted by Crippen LogP contribution is 2.37. The lowest BCUT2D eigenvalue weighted by molar-refractivity contribution is 0.205. The standard InChI is InChI=1S/C21H23N7O/c1-13-23-9-14(10-24-13)17-3-4-18-19(26-17)20-15(11-25-18)12-27(2)21(29)28(20)16-5-7-22-8-6-16/h3-4,9-11,16,22H,5-8,12H2,1-2H3. The van der Waals surface area contributed by atoms with Crippen molar-refractivity contribution in [2.24, 2.45) is 0 Å². The summed E-state index contributed by atoms with van der Waals surface area (Å²) in [6, 6.07) is 4.08. The Morgan fingerprint density at radius 1 is 1.07 bits per heavy atom. The molecule has 0 aliphatic carbocycles. The minimum Gasteiger partial charge on any atom is -0.323 e. The summed E-state index contributed by atoms with van der Waals surface area (Å²) in [7, 11) is 1.84. The molecule has 0 aromatic carbocycles. The second-order valence-electron chi connectivity index (χ2n) is 7.71. The molecular formula is C21H23N7O. The van der Waals surface area contributed by atoms with E-state index in [1.54, 1.807) is 17.3 Å². The Balaban J connectivity index is 1.69. The number of carbonyl (C=O) groups excluding carboxylic acids is 1. The molecule has 1 fully saturated rings. The maximum Gasteiger partial charge on any atom is 0.324 e. The summed E-state index contributed by atoms with van der Waals surface area (Å²) in [4.78, 5) is 35.0. The van der Waals surface area contributed by atoms with Crippen LogP contribution in [0.15, 0.2) is 30.7 Å². The number of nitrogens with zero attached hydrogens (tertiary/aromatic N) is 6. The lowest BCUT2D eigenvalue weighted by atomic mass is 10.0. The second-order valence-corrected chi connectivity index (χ2v) is 7.71. The van der Waals surface area contributed by atoms with Gasteiger partial charge >= 0.3 is 6.03 Å². The van der Waals surface area contributed by atoms with Crippen molar-refractivity contribution in [3.05, 3.63) is 42.1 Å². The Labute approximate surface area is 169 Å². The number of aromatic nitrogens is 4. The number of fused-ring (bicyclic) bond motifs is 3. The molecular weight excluding hydrogens is 366 g/mol. The van der Waals surface area contributed by atoms with Gasteiger partial charge in [0.2, 0.25) is 0 Å². The van der Waals surface area contributed by atoms with E-state index >= 15 is 0 Å². The largest absolute Gasteiger partial charge is 0.324 e. The quantitative estimate of drug-likeness (QED) is 0.725. The summed E-state index contributed by atoms with van der Waals surface area (Å²) in [5.41, 5.74) is 5.12. The molecule has 2 aliphatic heterocycles. The van der Waals surface area contributed by atoms with Gasteiger partial charge in [0.05, 0.1) is 23.4 Å². The molecule has 0 spiro atoms. The van der Waals surface area contributed by atoms with E-state index in [0.29, 0.717) is 6.54 Å². The van der Waals surface area contributed by atoms with Crippen LogP contribution in [0.25, 0.3) is 22.3 Å². The molecule has 148 valence electrons. The van der Waals surface area contributed by atoms with Crippen molar-refractivity contribution in [1.82, 2.24) is 30.2 Å². The molecule has 3 aromatic heterocycles. The third-order valence-electron chi connectivity index (χ3n) is 5.69. The van der Waals surface area contributed by atoms with Gasteiger partial charge < -0.3 is 10.2 Å². The van der Waals surface area contributed by atoms with E-state index in [-0.39, 0.29) is 12.1 Å². The summed E-state index contributed by atoms with van der Waals surface area (Å²) >= 11 is 0. The summed E-state index contributed by atoms with van der Waals surface area (Å²) in [5.74, 6) is 0.722. The average molecular weight is 389 g/mol. The smallest absolute Gasteiger partial charge is 0.323 e. The Bertz CT molecular complexity index is 1080. The fourth-order valence-electron chi connectivity index (χ4n) is 4.17. The number of rotatable bonds is 2. The van der Waals surface area contributed by atoms with Gasteiger partial charge in [-0.05, 0) is 45.0 Å². The van der Waals surface area contributed by atoms with Gasteiger partial charge in [-0.15, -0.1) is 0 Å². The predicted molar refractivity (Wildman–Crippen MR) is 111 cm³/mol. The van der Waals surface area contributed by atoms with E-state index in [1.807, 2.05) is 37.2 Å². The molecule has 0 atom stereocenters. The molecule has 5 heterocycles. The summed E-state index contributed by atoms with van der Waals surface area (Å²) < 4.78 is 0. The lowest BCUT2D eigenvalue weighted by Gasteiger charge is -2.41. The van der Waals surface area contributed by atoms with E-state index in [1.165, 1.54) is 0 Å². The van der Waals surface area contributed by atoms with E-state index in [9.17, 15) is 4.79 Å². The molecule has 1 N–H and O–H groups in total. The first-order valence-electron chi connectivity index (χ1n) is 9.94. The second kappa shape index (κ2) is 7.04. The molecule has 8 heteroatoms. The van der Waals surface area contributed by atoms with Crippen LogP contribution >= 0.6 is 0 Å². The first-order chi connectivity index (χ1) is 14.1. The van der Waals surface area contributed by atoms with E-state index < -0.39 is 0 Å². The minimum absolute atomic E-state index is 0.0303. The van der Waals surface area contributed by atoms with Crippen molar-refractivity contribution >= 4 is 22.8 Å². The summed E-state index contributed by atoms with van der Waals surface area (Å²) in [6.45, 7) is 4.22. The SMILES string of the molecule is Cc1ncc(-c2ccc3ncc4c(c3n2)N(C2CCNCC2)C(=O)N(C)C4)cn1. The maximum atomic E-state index is 13.2. The van der Waals surface area contributed by atoms with Crippen molar-refractivity contribution in [2.75, 3.05) is 25.0 Å². The number of pyridine rings is 2. The molecule has 5 rings (SSSR count). The van der Waals surface area contributed by atoms with Crippen molar-refractivity contribution in [2.45, 2.75) is 32.4 Å². The van der Waals surface area contributed by atoms with Gasteiger partial charge in [-0.1, -0.05) is 0 Å². The number of piperidine rings is 1. The van der Waals surface area contributed by atoms with Gasteiger partial charge in [0.15, 0.2) is 0 Å². The lowest BCUT2D eigenvalue weighted by Crippen LogP contribution is -2.53. The highest BCUT2D eigenvalue weighted by atomic mass is 16.2. The highest BCUT2D eigenvalue weighted by Gasteiger charge is 2.36. The zero-order valence-electron chi connectivity index (χ0n) is 16.6. The molecule has 8 nitrogen and oxygen atoms in total. The van der Waals surface area contributed by atoms with Crippen LogP contribution < -0.4 is 10.2 Å². The third-order valence-corrected chi connectivity index (χ3v) is 5.69. The molecule has 29 heavy (non-hydrogen) atoms. The highest BCUT2D eigenvalue weighted by molar-refractivity contribution is 6.04. The van der Waals surface area contributed by atoms with Crippen molar-refractivity contribution < 1.29 is 4.79 Å². The molecule has 0 radical (unpaired) electrons. The van der Waals surface area contributed by atoms with Crippen LogP contribution in [0.5, 0.6) is 0 Å². The number of anilines is 1. The van der Waals surface area contributed by atoms with Gasteiger partial charge in [0.25, 0.3) is 0 Å². The van der Waals surface area contributed by atoms with Crippen molar-refractivity contribution in [1.29, 1.82) is 0 Å². The molecule has 1 saturated heterocycles. The Kier molecular flexibility index (Phi) is 4.35.